The molecule has 30 heavy (non-hydrogen) atoms. The highest BCUT2D eigenvalue weighted by Gasteiger charge is 2.18. The van der Waals surface area contributed by atoms with Crippen LogP contribution in [0, 0.1) is 6.92 Å². The van der Waals surface area contributed by atoms with Gasteiger partial charge in [-0.15, -0.1) is 0 Å². The zero-order valence-electron chi connectivity index (χ0n) is 17.3. The average molecular weight is 399 g/mol. The second-order valence-electron chi connectivity index (χ2n) is 7.54. The van der Waals surface area contributed by atoms with E-state index in [4.69, 9.17) is 4.74 Å². The molecule has 152 valence electrons. The minimum atomic E-state index is -0.0823. The van der Waals surface area contributed by atoms with Crippen molar-refractivity contribution >= 4 is 16.8 Å². The molecule has 1 unspecified atom stereocenters. The summed E-state index contributed by atoms with van der Waals surface area (Å²) in [6.07, 6.45) is 1.06. The maximum atomic E-state index is 13.1. The fourth-order valence-corrected chi connectivity index (χ4v) is 3.91. The number of amides is 1. The number of H-pyrrole nitrogens is 1. The third kappa shape index (κ3) is 4.38. The smallest absolute Gasteiger partial charge is 0.225 e. The van der Waals surface area contributed by atoms with Crippen molar-refractivity contribution < 1.29 is 9.53 Å². The third-order valence-corrected chi connectivity index (χ3v) is 5.48. The van der Waals surface area contributed by atoms with Crippen molar-refractivity contribution in [3.63, 3.8) is 0 Å². The largest absolute Gasteiger partial charge is 0.497 e. The molecule has 1 heterocycles. The topological polar surface area (TPSA) is 54.1 Å². The number of aryl methyl sites for hydroxylation is 1. The molecule has 2 N–H and O–H groups in total. The standard InChI is InChI=1S/C26H26N2O2/c1-18-22(23-16-21(30-2)13-14-24(23)27-18)17-26(29)28-25(20-11-7-4-8-12-20)15-19-9-5-3-6-10-19/h3-14,16,25,27H,15,17H2,1-2H3,(H,28,29). The fraction of sp³-hybridized carbons (Fsp3) is 0.192. The van der Waals surface area contributed by atoms with Crippen LogP contribution in [0.15, 0.2) is 78.9 Å². The molecule has 1 aromatic heterocycles. The highest BCUT2D eigenvalue weighted by atomic mass is 16.5. The summed E-state index contributed by atoms with van der Waals surface area (Å²) in [6, 6.07) is 26.2. The van der Waals surface area contributed by atoms with Gasteiger partial charge in [0.1, 0.15) is 5.75 Å². The minimum absolute atomic E-state index is 0.00611. The average Bonchev–Trinajstić information content (AvgIpc) is 3.08. The van der Waals surface area contributed by atoms with E-state index in [0.717, 1.165) is 39.9 Å². The molecule has 4 heteroatoms. The summed E-state index contributed by atoms with van der Waals surface area (Å²) in [7, 11) is 1.65. The molecule has 0 bridgehead atoms. The Balaban J connectivity index is 1.57. The van der Waals surface area contributed by atoms with Crippen LogP contribution in [-0.4, -0.2) is 18.0 Å². The Morgan fingerprint density at radius 1 is 1.00 bits per heavy atom. The number of carbonyl (C=O) groups excluding carboxylic acids is 1. The van der Waals surface area contributed by atoms with Gasteiger partial charge in [0, 0.05) is 16.6 Å². The van der Waals surface area contributed by atoms with Crippen LogP contribution in [0.2, 0.25) is 0 Å². The lowest BCUT2D eigenvalue weighted by Gasteiger charge is -2.20. The summed E-state index contributed by atoms with van der Waals surface area (Å²) in [5.41, 5.74) is 5.33. The molecule has 3 aromatic carbocycles. The molecule has 1 atom stereocenters. The zero-order chi connectivity index (χ0) is 20.9. The fourth-order valence-electron chi connectivity index (χ4n) is 3.91. The van der Waals surface area contributed by atoms with Crippen LogP contribution in [0.25, 0.3) is 10.9 Å². The van der Waals surface area contributed by atoms with E-state index in [-0.39, 0.29) is 11.9 Å². The van der Waals surface area contributed by atoms with Crippen molar-refractivity contribution in [2.45, 2.75) is 25.8 Å². The van der Waals surface area contributed by atoms with Crippen molar-refractivity contribution in [1.29, 1.82) is 0 Å². The van der Waals surface area contributed by atoms with E-state index in [1.54, 1.807) is 7.11 Å². The van der Waals surface area contributed by atoms with Crippen LogP contribution >= 0.6 is 0 Å². The van der Waals surface area contributed by atoms with Gasteiger partial charge >= 0.3 is 0 Å². The second kappa shape index (κ2) is 8.87. The number of carbonyl (C=O) groups is 1. The van der Waals surface area contributed by atoms with Gasteiger partial charge in [0.15, 0.2) is 0 Å². The van der Waals surface area contributed by atoms with Crippen LogP contribution in [0.4, 0.5) is 0 Å². The van der Waals surface area contributed by atoms with Crippen molar-refractivity contribution in [3.8, 4) is 5.75 Å². The van der Waals surface area contributed by atoms with Gasteiger partial charge in [-0.25, -0.2) is 0 Å². The van der Waals surface area contributed by atoms with E-state index < -0.39 is 0 Å². The normalized spacial score (nSPS) is 11.9. The van der Waals surface area contributed by atoms with Gasteiger partial charge in [0.25, 0.3) is 0 Å². The lowest BCUT2D eigenvalue weighted by molar-refractivity contribution is -0.121. The molecule has 0 saturated carbocycles. The van der Waals surface area contributed by atoms with E-state index in [0.29, 0.717) is 6.42 Å². The van der Waals surface area contributed by atoms with E-state index in [2.05, 4.69) is 34.6 Å². The Bertz CT molecular complexity index is 1130. The van der Waals surface area contributed by atoms with Gasteiger partial charge in [0.05, 0.1) is 19.6 Å². The van der Waals surface area contributed by atoms with E-state index in [1.807, 2.05) is 61.5 Å². The minimum Gasteiger partial charge on any atom is -0.497 e. The molecule has 0 spiro atoms. The number of methoxy groups -OCH3 is 1. The number of aromatic amines is 1. The summed E-state index contributed by atoms with van der Waals surface area (Å²) >= 11 is 0. The first-order chi connectivity index (χ1) is 14.6. The summed E-state index contributed by atoms with van der Waals surface area (Å²) in [5, 5.41) is 4.29. The number of ether oxygens (including phenoxy) is 1. The third-order valence-electron chi connectivity index (χ3n) is 5.48. The second-order valence-corrected chi connectivity index (χ2v) is 7.54. The summed E-state index contributed by atoms with van der Waals surface area (Å²) < 4.78 is 5.37. The van der Waals surface area contributed by atoms with Gasteiger partial charge < -0.3 is 15.0 Å². The molecule has 4 rings (SSSR count). The summed E-state index contributed by atoms with van der Waals surface area (Å²) in [5.74, 6) is 0.793. The van der Waals surface area contributed by atoms with E-state index >= 15 is 0 Å². The van der Waals surface area contributed by atoms with Crippen LogP contribution in [-0.2, 0) is 17.6 Å². The number of hydrogen-bond acceptors (Lipinski definition) is 2. The van der Waals surface area contributed by atoms with Crippen LogP contribution in [0.3, 0.4) is 0 Å². The number of aromatic nitrogens is 1. The first kappa shape index (κ1) is 19.8. The van der Waals surface area contributed by atoms with Crippen LogP contribution in [0.1, 0.15) is 28.4 Å². The lowest BCUT2D eigenvalue weighted by Crippen LogP contribution is -2.31. The molecule has 0 radical (unpaired) electrons. The van der Waals surface area contributed by atoms with Crippen LogP contribution in [0.5, 0.6) is 5.75 Å². The monoisotopic (exact) mass is 398 g/mol. The Morgan fingerprint density at radius 2 is 1.70 bits per heavy atom. The van der Waals surface area contributed by atoms with Gasteiger partial charge in [-0.05, 0) is 48.2 Å². The van der Waals surface area contributed by atoms with Gasteiger partial charge in [-0.3, -0.25) is 4.79 Å². The van der Waals surface area contributed by atoms with E-state index in [9.17, 15) is 4.79 Å². The molecule has 0 fully saturated rings. The Morgan fingerprint density at radius 3 is 2.40 bits per heavy atom. The zero-order valence-corrected chi connectivity index (χ0v) is 17.3. The molecular weight excluding hydrogens is 372 g/mol. The summed E-state index contributed by atoms with van der Waals surface area (Å²) in [4.78, 5) is 16.5. The van der Waals surface area contributed by atoms with Crippen LogP contribution < -0.4 is 10.1 Å². The summed E-state index contributed by atoms with van der Waals surface area (Å²) in [6.45, 7) is 2.01. The molecule has 4 nitrogen and oxygen atoms in total. The number of nitrogens with one attached hydrogen (secondary N) is 2. The van der Waals surface area contributed by atoms with Crippen molar-refractivity contribution in [1.82, 2.24) is 10.3 Å². The number of rotatable bonds is 7. The molecule has 0 saturated heterocycles. The molecule has 0 aliphatic rings. The number of fused-ring (bicyclic) bond motifs is 1. The molecule has 1 amide bonds. The number of hydrogen-bond donors (Lipinski definition) is 2. The molecule has 0 aliphatic heterocycles. The van der Waals surface area contributed by atoms with Gasteiger partial charge in [-0.1, -0.05) is 60.7 Å². The van der Waals surface area contributed by atoms with Crippen molar-refractivity contribution in [2.75, 3.05) is 7.11 Å². The number of benzene rings is 3. The predicted octanol–water partition coefficient (Wildman–Crippen LogP) is 5.13. The Kier molecular flexibility index (Phi) is 5.84. The quantitative estimate of drug-likeness (QED) is 0.454. The highest BCUT2D eigenvalue weighted by Crippen LogP contribution is 2.27. The Labute approximate surface area is 176 Å². The first-order valence-electron chi connectivity index (χ1n) is 10.2. The maximum Gasteiger partial charge on any atom is 0.225 e. The lowest BCUT2D eigenvalue weighted by atomic mass is 9.98. The highest BCUT2D eigenvalue weighted by molar-refractivity contribution is 5.91. The van der Waals surface area contributed by atoms with Crippen molar-refractivity contribution in [2.24, 2.45) is 0 Å². The van der Waals surface area contributed by atoms with E-state index in [1.165, 1.54) is 5.56 Å². The molecule has 0 aliphatic carbocycles. The molecular formula is C26H26N2O2. The van der Waals surface area contributed by atoms with Crippen molar-refractivity contribution in [3.05, 3.63) is 101 Å². The molecule has 4 aromatic rings. The van der Waals surface area contributed by atoms with Gasteiger partial charge in [-0.2, -0.15) is 0 Å². The van der Waals surface area contributed by atoms with Gasteiger partial charge in [0.2, 0.25) is 5.91 Å². The maximum absolute atomic E-state index is 13.1. The Hall–Kier alpha value is -3.53. The predicted molar refractivity (Wildman–Crippen MR) is 121 cm³/mol. The SMILES string of the molecule is COc1ccc2[nH]c(C)c(CC(=O)NC(Cc3ccccc3)c3ccccc3)c2c1. The first-order valence-corrected chi connectivity index (χ1v) is 10.2.